The Balaban J connectivity index is 1.69. The monoisotopic (exact) mass is 398 g/mol. The van der Waals surface area contributed by atoms with Crippen LogP contribution in [0, 0.1) is 6.92 Å². The average Bonchev–Trinajstić information content (AvgIpc) is 3.01. The second-order valence-electron chi connectivity index (χ2n) is 6.61. The van der Waals surface area contributed by atoms with E-state index in [1.807, 2.05) is 25.1 Å². The zero-order chi connectivity index (χ0) is 18.9. The summed E-state index contributed by atoms with van der Waals surface area (Å²) >= 11 is 0. The zero-order valence-corrected chi connectivity index (χ0v) is 16.4. The van der Waals surface area contributed by atoms with Gasteiger partial charge >= 0.3 is 0 Å². The Labute approximate surface area is 153 Å². The van der Waals surface area contributed by atoms with Gasteiger partial charge in [0.15, 0.2) is 0 Å². The summed E-state index contributed by atoms with van der Waals surface area (Å²) in [5.74, 6) is -0.0740. The van der Waals surface area contributed by atoms with Crippen LogP contribution in [0.1, 0.15) is 24.0 Å². The van der Waals surface area contributed by atoms with Crippen molar-refractivity contribution in [3.05, 3.63) is 41.7 Å². The van der Waals surface area contributed by atoms with Gasteiger partial charge in [0.2, 0.25) is 25.0 Å². The van der Waals surface area contributed by atoms with Crippen LogP contribution in [0.15, 0.2) is 35.7 Å². The molecule has 2 heterocycles. The van der Waals surface area contributed by atoms with E-state index in [0.29, 0.717) is 0 Å². The van der Waals surface area contributed by atoms with Gasteiger partial charge in [-0.15, -0.1) is 10.2 Å². The van der Waals surface area contributed by atoms with Crippen molar-refractivity contribution < 1.29 is 16.8 Å². The average molecular weight is 399 g/mol. The highest BCUT2D eigenvalue weighted by molar-refractivity contribution is 7.92. The summed E-state index contributed by atoms with van der Waals surface area (Å²) in [6.07, 6.45) is 1.85. The van der Waals surface area contributed by atoms with Crippen LogP contribution >= 0.6 is 0 Å². The van der Waals surface area contributed by atoms with E-state index in [0.717, 1.165) is 11.1 Å². The Morgan fingerprint density at radius 2 is 1.85 bits per heavy atom. The van der Waals surface area contributed by atoms with E-state index in [1.165, 1.54) is 15.2 Å². The number of piperidine rings is 1. The van der Waals surface area contributed by atoms with Crippen LogP contribution in [0.5, 0.6) is 0 Å². The number of sulfonamides is 1. The first-order valence-corrected chi connectivity index (χ1v) is 11.5. The molecule has 1 aromatic carbocycles. The molecule has 1 saturated heterocycles. The number of hydrogen-bond donors (Lipinski definition) is 0. The predicted molar refractivity (Wildman–Crippen MR) is 96.6 cm³/mol. The third kappa shape index (κ3) is 3.81. The van der Waals surface area contributed by atoms with Gasteiger partial charge in [0.05, 0.1) is 11.0 Å². The molecule has 1 fully saturated rings. The zero-order valence-electron chi connectivity index (χ0n) is 14.7. The van der Waals surface area contributed by atoms with Crippen molar-refractivity contribution in [1.29, 1.82) is 0 Å². The lowest BCUT2D eigenvalue weighted by atomic mass is 10.2. The van der Waals surface area contributed by atoms with E-state index < -0.39 is 25.1 Å². The van der Waals surface area contributed by atoms with Crippen molar-refractivity contribution in [3.63, 3.8) is 0 Å². The largest absolute Gasteiger partial charge is 0.308 e. The maximum absolute atomic E-state index is 12.7. The summed E-state index contributed by atoms with van der Waals surface area (Å²) in [7, 11) is -5.52. The second-order valence-corrected chi connectivity index (χ2v) is 10.7. The van der Waals surface area contributed by atoms with Crippen molar-refractivity contribution in [3.8, 4) is 0 Å². The van der Waals surface area contributed by atoms with Crippen LogP contribution in [0.25, 0.3) is 0 Å². The molecule has 3 rings (SSSR count). The van der Waals surface area contributed by atoms with Gasteiger partial charge in [-0.2, -0.15) is 0 Å². The maximum Gasteiger partial charge on any atom is 0.249 e. The first kappa shape index (κ1) is 19.0. The Bertz CT molecular complexity index is 991. The highest BCUT2D eigenvalue weighted by atomic mass is 32.2. The van der Waals surface area contributed by atoms with Crippen molar-refractivity contribution in [2.24, 2.45) is 7.05 Å². The Morgan fingerprint density at radius 3 is 2.42 bits per heavy atom. The fourth-order valence-corrected chi connectivity index (χ4v) is 6.49. The van der Waals surface area contributed by atoms with Crippen molar-refractivity contribution in [2.75, 3.05) is 13.1 Å². The summed E-state index contributed by atoms with van der Waals surface area (Å²) in [6, 6.07) is 7.39. The summed E-state index contributed by atoms with van der Waals surface area (Å²) in [5, 5.41) is 6.59. The molecule has 0 N–H and O–H groups in total. The molecule has 0 amide bonds. The number of aryl methyl sites for hydroxylation is 2. The van der Waals surface area contributed by atoms with Crippen LogP contribution < -0.4 is 0 Å². The molecule has 1 aliphatic rings. The first-order valence-electron chi connectivity index (χ1n) is 8.31. The fourth-order valence-electron chi connectivity index (χ4n) is 3.20. The molecule has 8 nitrogen and oxygen atoms in total. The van der Waals surface area contributed by atoms with Crippen molar-refractivity contribution in [1.82, 2.24) is 19.1 Å². The molecule has 0 atom stereocenters. The molecule has 2 aromatic rings. The molecule has 0 spiro atoms. The number of rotatable bonds is 5. The van der Waals surface area contributed by atoms with E-state index in [1.54, 1.807) is 13.1 Å². The standard InChI is InChI=1S/C16H22N4O4S2/c1-13-4-3-5-14(10-13)11-25(21,22)20-8-6-15(7-9-20)26(23,24)16-18-17-12-19(16)2/h3-5,10,12,15H,6-9,11H2,1-2H3. The minimum atomic E-state index is -3.61. The van der Waals surface area contributed by atoms with Gasteiger partial charge in [-0.25, -0.2) is 21.1 Å². The van der Waals surface area contributed by atoms with Gasteiger partial charge in [0.1, 0.15) is 6.33 Å². The normalized spacial score (nSPS) is 17.5. The van der Waals surface area contributed by atoms with Crippen LogP contribution in [-0.2, 0) is 32.7 Å². The lowest BCUT2D eigenvalue weighted by Gasteiger charge is -2.30. The lowest BCUT2D eigenvalue weighted by molar-refractivity contribution is 0.344. The first-order chi connectivity index (χ1) is 12.2. The number of nitrogens with zero attached hydrogens (tertiary/aromatic N) is 4. The minimum absolute atomic E-state index is 0.0708. The van der Waals surface area contributed by atoms with Crippen molar-refractivity contribution in [2.45, 2.75) is 35.9 Å². The lowest BCUT2D eigenvalue weighted by Crippen LogP contribution is -2.43. The molecular formula is C16H22N4O4S2. The summed E-state index contributed by atoms with van der Waals surface area (Å²) in [5.41, 5.74) is 1.74. The van der Waals surface area contributed by atoms with Gasteiger partial charge in [-0.05, 0) is 25.3 Å². The van der Waals surface area contributed by atoms with Gasteiger partial charge in [0, 0.05) is 20.1 Å². The summed E-state index contributed by atoms with van der Waals surface area (Å²) in [4.78, 5) is 0. The molecule has 0 bridgehead atoms. The highest BCUT2D eigenvalue weighted by Gasteiger charge is 2.37. The minimum Gasteiger partial charge on any atom is -0.308 e. The molecule has 1 aliphatic heterocycles. The molecule has 142 valence electrons. The fraction of sp³-hybridized carbons (Fsp3) is 0.500. The third-order valence-electron chi connectivity index (χ3n) is 4.59. The Morgan fingerprint density at radius 1 is 1.15 bits per heavy atom. The predicted octanol–water partition coefficient (Wildman–Crippen LogP) is 0.892. The number of benzene rings is 1. The molecule has 0 aliphatic carbocycles. The quantitative estimate of drug-likeness (QED) is 0.741. The van der Waals surface area contributed by atoms with E-state index in [9.17, 15) is 16.8 Å². The Hall–Kier alpha value is -1.78. The van der Waals surface area contributed by atoms with E-state index in [2.05, 4.69) is 10.2 Å². The van der Waals surface area contributed by atoms with E-state index in [-0.39, 0.29) is 36.8 Å². The van der Waals surface area contributed by atoms with Crippen LogP contribution in [0.3, 0.4) is 0 Å². The Kier molecular flexibility index (Phi) is 5.18. The summed E-state index contributed by atoms with van der Waals surface area (Å²) in [6.45, 7) is 2.30. The SMILES string of the molecule is Cc1cccc(CS(=O)(=O)N2CCC(S(=O)(=O)c3nncn3C)CC2)c1. The molecule has 0 unspecified atom stereocenters. The van der Waals surface area contributed by atoms with Crippen LogP contribution in [-0.4, -0.2) is 54.2 Å². The van der Waals surface area contributed by atoms with Gasteiger partial charge in [-0.3, -0.25) is 0 Å². The molecule has 1 aromatic heterocycles. The molecule has 0 saturated carbocycles. The highest BCUT2D eigenvalue weighted by Crippen LogP contribution is 2.25. The van der Waals surface area contributed by atoms with E-state index in [4.69, 9.17) is 0 Å². The van der Waals surface area contributed by atoms with Gasteiger partial charge < -0.3 is 4.57 Å². The van der Waals surface area contributed by atoms with Crippen LogP contribution in [0.4, 0.5) is 0 Å². The van der Waals surface area contributed by atoms with Crippen molar-refractivity contribution >= 4 is 19.9 Å². The molecule has 10 heteroatoms. The van der Waals surface area contributed by atoms with E-state index >= 15 is 0 Å². The van der Waals surface area contributed by atoms with Gasteiger partial charge in [-0.1, -0.05) is 29.8 Å². The third-order valence-corrected chi connectivity index (χ3v) is 8.67. The smallest absolute Gasteiger partial charge is 0.249 e. The topological polar surface area (TPSA) is 102 Å². The number of aromatic nitrogens is 3. The maximum atomic E-state index is 12.7. The molecule has 0 radical (unpaired) electrons. The second kappa shape index (κ2) is 7.09. The number of sulfone groups is 1. The molecule has 26 heavy (non-hydrogen) atoms. The molecular weight excluding hydrogens is 376 g/mol. The van der Waals surface area contributed by atoms with Crippen LogP contribution in [0.2, 0.25) is 0 Å². The summed E-state index contributed by atoms with van der Waals surface area (Å²) < 4.78 is 53.4. The number of hydrogen-bond acceptors (Lipinski definition) is 6. The van der Waals surface area contributed by atoms with Gasteiger partial charge in [0.25, 0.3) is 0 Å².